The van der Waals surface area contributed by atoms with Gasteiger partial charge < -0.3 is 15.1 Å². The summed E-state index contributed by atoms with van der Waals surface area (Å²) in [6.45, 7) is 4.20. The molecule has 0 amide bonds. The monoisotopic (exact) mass is 368 g/mol. The fourth-order valence-corrected chi connectivity index (χ4v) is 3.41. The minimum Gasteiger partial charge on any atom is -0.368 e. The molecule has 0 atom stereocenters. The average Bonchev–Trinajstić information content (AvgIpc) is 3.51. The first kappa shape index (κ1) is 16.9. The fraction of sp³-hybridized carbons (Fsp3) is 0.421. The summed E-state index contributed by atoms with van der Waals surface area (Å²) in [4.78, 5) is 13.3. The summed E-state index contributed by atoms with van der Waals surface area (Å²) in [6, 6.07) is 12.5. The fourth-order valence-electron chi connectivity index (χ4n) is 3.20. The van der Waals surface area contributed by atoms with E-state index >= 15 is 0 Å². The van der Waals surface area contributed by atoms with Gasteiger partial charge >= 0.3 is 0 Å². The van der Waals surface area contributed by atoms with Crippen LogP contribution in [-0.4, -0.2) is 42.7 Å². The number of rotatable bonds is 5. The van der Waals surface area contributed by atoms with Crippen molar-refractivity contribution in [2.75, 3.05) is 47.8 Å². The van der Waals surface area contributed by atoms with E-state index in [4.69, 9.17) is 11.6 Å². The van der Waals surface area contributed by atoms with Gasteiger partial charge in [-0.15, -0.1) is 0 Å². The molecule has 1 saturated carbocycles. The standard InChI is InChI=1S/C19H21ClN6/c20-17-16(12-21)18(24-19(23-17)22-13-14-6-7-14)26-10-8-25(9-11-26)15-4-2-1-3-5-15/h1-5,14H,6-11,13H2,(H,22,23,24). The lowest BCUT2D eigenvalue weighted by molar-refractivity contribution is 0.646. The molecule has 2 fully saturated rings. The van der Waals surface area contributed by atoms with Gasteiger partial charge in [-0.05, 0) is 30.9 Å². The highest BCUT2D eigenvalue weighted by Crippen LogP contribution is 2.30. The summed E-state index contributed by atoms with van der Waals surface area (Å²) in [6.07, 6.45) is 2.51. The first-order chi connectivity index (χ1) is 12.7. The molecule has 0 radical (unpaired) electrons. The molecule has 1 saturated heterocycles. The third kappa shape index (κ3) is 3.68. The Bertz CT molecular complexity index is 807. The second-order valence-electron chi connectivity index (χ2n) is 6.78. The number of para-hydroxylation sites is 1. The van der Waals surface area contributed by atoms with Crippen LogP contribution in [0, 0.1) is 17.2 Å². The van der Waals surface area contributed by atoms with Crippen LogP contribution >= 0.6 is 11.6 Å². The van der Waals surface area contributed by atoms with Crippen molar-refractivity contribution >= 4 is 29.1 Å². The van der Waals surface area contributed by atoms with Gasteiger partial charge in [0.05, 0.1) is 0 Å². The summed E-state index contributed by atoms with van der Waals surface area (Å²) in [5.74, 6) is 1.87. The number of nitrogens with zero attached hydrogens (tertiary/aromatic N) is 5. The summed E-state index contributed by atoms with van der Waals surface area (Å²) >= 11 is 6.26. The Labute approximate surface area is 158 Å². The van der Waals surface area contributed by atoms with Crippen molar-refractivity contribution in [3.8, 4) is 6.07 Å². The van der Waals surface area contributed by atoms with Crippen molar-refractivity contribution in [1.29, 1.82) is 5.26 Å². The number of nitrogens with one attached hydrogen (secondary N) is 1. The van der Waals surface area contributed by atoms with Gasteiger partial charge in [0, 0.05) is 38.4 Å². The van der Waals surface area contributed by atoms with E-state index in [0.29, 0.717) is 23.2 Å². The first-order valence-corrected chi connectivity index (χ1v) is 9.39. The van der Waals surface area contributed by atoms with E-state index in [0.717, 1.165) is 32.7 Å². The molecule has 2 heterocycles. The Hall–Kier alpha value is -2.52. The predicted molar refractivity (Wildman–Crippen MR) is 104 cm³/mol. The van der Waals surface area contributed by atoms with Crippen LogP contribution in [-0.2, 0) is 0 Å². The minimum absolute atomic E-state index is 0.223. The average molecular weight is 369 g/mol. The quantitative estimate of drug-likeness (QED) is 0.818. The highest BCUT2D eigenvalue weighted by atomic mass is 35.5. The van der Waals surface area contributed by atoms with Crippen LogP contribution in [0.5, 0.6) is 0 Å². The number of piperazine rings is 1. The van der Waals surface area contributed by atoms with Gasteiger partial charge in [-0.3, -0.25) is 0 Å². The zero-order chi connectivity index (χ0) is 17.9. The molecule has 0 spiro atoms. The van der Waals surface area contributed by atoms with E-state index in [-0.39, 0.29) is 5.15 Å². The third-order valence-corrected chi connectivity index (χ3v) is 5.18. The van der Waals surface area contributed by atoms with Crippen molar-refractivity contribution in [1.82, 2.24) is 9.97 Å². The SMILES string of the molecule is N#Cc1c(Cl)nc(NCC2CC2)nc1N1CCN(c2ccccc2)CC1. The number of halogens is 1. The Balaban J connectivity index is 1.50. The zero-order valence-electron chi connectivity index (χ0n) is 14.5. The maximum Gasteiger partial charge on any atom is 0.226 e. The van der Waals surface area contributed by atoms with Crippen LogP contribution < -0.4 is 15.1 Å². The van der Waals surface area contributed by atoms with Crippen molar-refractivity contribution in [2.24, 2.45) is 5.92 Å². The first-order valence-electron chi connectivity index (χ1n) is 9.01. The molecule has 7 heteroatoms. The van der Waals surface area contributed by atoms with Crippen LogP contribution in [0.1, 0.15) is 18.4 Å². The maximum absolute atomic E-state index is 9.51. The van der Waals surface area contributed by atoms with E-state index in [1.807, 2.05) is 6.07 Å². The number of anilines is 3. The summed E-state index contributed by atoms with van der Waals surface area (Å²) in [5, 5.41) is 13.0. The van der Waals surface area contributed by atoms with E-state index in [2.05, 4.69) is 55.4 Å². The molecule has 1 aromatic carbocycles. The van der Waals surface area contributed by atoms with E-state index in [1.54, 1.807) is 0 Å². The Morgan fingerprint density at radius 3 is 2.42 bits per heavy atom. The summed E-state index contributed by atoms with van der Waals surface area (Å²) in [7, 11) is 0. The molecule has 1 aromatic heterocycles. The van der Waals surface area contributed by atoms with E-state index in [9.17, 15) is 5.26 Å². The molecule has 134 valence electrons. The molecule has 1 N–H and O–H groups in total. The maximum atomic E-state index is 9.51. The highest BCUT2D eigenvalue weighted by molar-refractivity contribution is 6.31. The molecule has 2 aliphatic rings. The molecule has 1 aliphatic heterocycles. The van der Waals surface area contributed by atoms with Gasteiger partial charge in [-0.2, -0.15) is 15.2 Å². The van der Waals surface area contributed by atoms with Gasteiger partial charge in [-0.25, -0.2) is 0 Å². The van der Waals surface area contributed by atoms with E-state index < -0.39 is 0 Å². The molecule has 0 unspecified atom stereocenters. The van der Waals surface area contributed by atoms with Gasteiger partial charge in [0.25, 0.3) is 0 Å². The van der Waals surface area contributed by atoms with E-state index in [1.165, 1.54) is 18.5 Å². The van der Waals surface area contributed by atoms with Crippen molar-refractivity contribution < 1.29 is 0 Å². The molecular weight excluding hydrogens is 348 g/mol. The number of benzene rings is 1. The van der Waals surface area contributed by atoms with Crippen LogP contribution in [0.15, 0.2) is 30.3 Å². The zero-order valence-corrected chi connectivity index (χ0v) is 15.3. The van der Waals surface area contributed by atoms with Crippen molar-refractivity contribution in [2.45, 2.75) is 12.8 Å². The van der Waals surface area contributed by atoms with Crippen LogP contribution in [0.25, 0.3) is 0 Å². The summed E-state index contributed by atoms with van der Waals surface area (Å²) < 4.78 is 0. The topological polar surface area (TPSA) is 68.1 Å². The van der Waals surface area contributed by atoms with Crippen LogP contribution in [0.3, 0.4) is 0 Å². The third-order valence-electron chi connectivity index (χ3n) is 4.90. The molecule has 1 aliphatic carbocycles. The Morgan fingerprint density at radius 2 is 1.77 bits per heavy atom. The van der Waals surface area contributed by atoms with Crippen LogP contribution in [0.4, 0.5) is 17.5 Å². The van der Waals surface area contributed by atoms with Gasteiger partial charge in [0.1, 0.15) is 11.6 Å². The smallest absolute Gasteiger partial charge is 0.226 e. The second-order valence-corrected chi connectivity index (χ2v) is 7.14. The normalized spacial score (nSPS) is 17.1. The Morgan fingerprint density at radius 1 is 1.08 bits per heavy atom. The number of nitriles is 1. The predicted octanol–water partition coefficient (Wildman–Crippen LogP) is 3.15. The molecule has 26 heavy (non-hydrogen) atoms. The molecular formula is C19H21ClN6. The largest absolute Gasteiger partial charge is 0.368 e. The lowest BCUT2D eigenvalue weighted by atomic mass is 10.2. The van der Waals surface area contributed by atoms with Crippen molar-refractivity contribution in [3.63, 3.8) is 0 Å². The van der Waals surface area contributed by atoms with Gasteiger partial charge in [0.2, 0.25) is 5.95 Å². The van der Waals surface area contributed by atoms with Crippen molar-refractivity contribution in [3.05, 3.63) is 41.0 Å². The molecule has 4 rings (SSSR count). The van der Waals surface area contributed by atoms with Gasteiger partial charge in [-0.1, -0.05) is 29.8 Å². The second kappa shape index (κ2) is 7.38. The number of hydrogen-bond acceptors (Lipinski definition) is 6. The lowest BCUT2D eigenvalue weighted by Gasteiger charge is -2.37. The molecule has 6 nitrogen and oxygen atoms in total. The minimum atomic E-state index is 0.223. The number of aromatic nitrogens is 2. The summed E-state index contributed by atoms with van der Waals surface area (Å²) in [5.41, 5.74) is 1.58. The molecule has 0 bridgehead atoms. The van der Waals surface area contributed by atoms with Crippen LogP contribution in [0.2, 0.25) is 5.15 Å². The lowest BCUT2D eigenvalue weighted by Crippen LogP contribution is -2.47. The van der Waals surface area contributed by atoms with Gasteiger partial charge in [0.15, 0.2) is 11.0 Å². The highest BCUT2D eigenvalue weighted by Gasteiger charge is 2.25. The molecule has 2 aromatic rings. The number of hydrogen-bond donors (Lipinski definition) is 1. The Kier molecular flexibility index (Phi) is 4.81.